The minimum atomic E-state index is 0.653. The minimum Gasteiger partial charge on any atom is -0.496 e. The van der Waals surface area contributed by atoms with Crippen LogP contribution in [-0.4, -0.2) is 23.7 Å². The molecule has 0 bridgehead atoms. The van der Waals surface area contributed by atoms with E-state index in [-0.39, 0.29) is 0 Å². The molecule has 2 rings (SSSR count). The predicted octanol–water partition coefficient (Wildman–Crippen LogP) is 2.31. The van der Waals surface area contributed by atoms with Gasteiger partial charge in [0.15, 0.2) is 0 Å². The van der Waals surface area contributed by atoms with Gasteiger partial charge >= 0.3 is 0 Å². The van der Waals surface area contributed by atoms with E-state index in [1.54, 1.807) is 13.4 Å². The fraction of sp³-hybridized carbons (Fsp3) is 0.308. The highest BCUT2D eigenvalue weighted by atomic mass is 35.5. The van der Waals surface area contributed by atoms with Crippen LogP contribution in [0.3, 0.4) is 0 Å². The molecule has 2 aromatic rings. The molecule has 0 atom stereocenters. The molecule has 1 aromatic heterocycles. The Balaban J connectivity index is 2.30. The first-order chi connectivity index (χ1) is 8.76. The topological polar surface area (TPSA) is 39.1 Å². The molecule has 0 unspecified atom stereocenters. The van der Waals surface area contributed by atoms with Crippen LogP contribution < -0.4 is 10.1 Å². The molecule has 1 N–H and O–H groups in total. The lowest BCUT2D eigenvalue weighted by atomic mass is 10.2. The molecule has 18 heavy (non-hydrogen) atoms. The molecule has 0 spiro atoms. The van der Waals surface area contributed by atoms with Crippen molar-refractivity contribution >= 4 is 11.6 Å². The molecule has 4 nitrogen and oxygen atoms in total. The van der Waals surface area contributed by atoms with Crippen LogP contribution in [0, 0.1) is 0 Å². The molecule has 5 heteroatoms. The number of hydrogen-bond donors (Lipinski definition) is 1. The van der Waals surface area contributed by atoms with E-state index in [4.69, 9.17) is 16.3 Å². The Morgan fingerprint density at radius 3 is 3.00 bits per heavy atom. The number of nitrogens with one attached hydrogen (secondary N) is 1. The summed E-state index contributed by atoms with van der Waals surface area (Å²) in [4.78, 5) is 4.16. The molecular weight excluding hydrogens is 250 g/mol. The van der Waals surface area contributed by atoms with E-state index < -0.39 is 0 Å². The lowest BCUT2D eigenvalue weighted by Gasteiger charge is -2.13. The van der Waals surface area contributed by atoms with Crippen LogP contribution in [-0.2, 0) is 13.1 Å². The van der Waals surface area contributed by atoms with Gasteiger partial charge in [0.25, 0.3) is 0 Å². The molecule has 0 amide bonds. The largest absolute Gasteiger partial charge is 0.496 e. The summed E-state index contributed by atoms with van der Waals surface area (Å²) in [5.74, 6) is 0.798. The number of methoxy groups -OCH3 is 1. The molecule has 0 radical (unpaired) electrons. The number of imidazole rings is 1. The zero-order valence-corrected chi connectivity index (χ0v) is 11.2. The third-order valence-electron chi connectivity index (χ3n) is 2.78. The third-order valence-corrected chi connectivity index (χ3v) is 3.13. The van der Waals surface area contributed by atoms with Gasteiger partial charge in [-0.15, -0.1) is 0 Å². The molecular formula is C13H16ClN3O. The van der Waals surface area contributed by atoms with Crippen LogP contribution in [0.15, 0.2) is 30.7 Å². The number of rotatable bonds is 5. The second-order valence-electron chi connectivity index (χ2n) is 3.96. The van der Waals surface area contributed by atoms with Crippen molar-refractivity contribution in [2.24, 2.45) is 0 Å². The fourth-order valence-electron chi connectivity index (χ4n) is 1.87. The average molecular weight is 266 g/mol. The van der Waals surface area contributed by atoms with Crippen LogP contribution in [0.25, 0.3) is 0 Å². The number of aromatic nitrogens is 2. The SMILES string of the molecule is CNCc1cncn1Cc1c(Cl)cccc1OC. The van der Waals surface area contributed by atoms with E-state index >= 15 is 0 Å². The molecule has 0 aliphatic heterocycles. The lowest BCUT2D eigenvalue weighted by Crippen LogP contribution is -2.12. The van der Waals surface area contributed by atoms with Crippen molar-refractivity contribution in [3.8, 4) is 5.75 Å². The molecule has 0 aliphatic rings. The Morgan fingerprint density at radius 2 is 2.28 bits per heavy atom. The Labute approximate surface area is 112 Å². The van der Waals surface area contributed by atoms with E-state index in [1.807, 2.05) is 31.4 Å². The van der Waals surface area contributed by atoms with Crippen LogP contribution in [0.1, 0.15) is 11.3 Å². The van der Waals surface area contributed by atoms with Crippen molar-refractivity contribution in [2.45, 2.75) is 13.1 Å². The average Bonchev–Trinajstić information content (AvgIpc) is 2.80. The number of halogens is 1. The quantitative estimate of drug-likeness (QED) is 0.902. The highest BCUT2D eigenvalue weighted by Crippen LogP contribution is 2.27. The van der Waals surface area contributed by atoms with E-state index in [0.29, 0.717) is 11.6 Å². The second-order valence-corrected chi connectivity index (χ2v) is 4.37. The van der Waals surface area contributed by atoms with Crippen molar-refractivity contribution < 1.29 is 4.74 Å². The Kier molecular flexibility index (Phi) is 4.23. The highest BCUT2D eigenvalue weighted by molar-refractivity contribution is 6.31. The van der Waals surface area contributed by atoms with Crippen molar-refractivity contribution in [3.63, 3.8) is 0 Å². The zero-order chi connectivity index (χ0) is 13.0. The monoisotopic (exact) mass is 265 g/mol. The smallest absolute Gasteiger partial charge is 0.125 e. The minimum absolute atomic E-state index is 0.653. The van der Waals surface area contributed by atoms with Gasteiger partial charge in [-0.1, -0.05) is 17.7 Å². The van der Waals surface area contributed by atoms with E-state index in [2.05, 4.69) is 14.9 Å². The van der Waals surface area contributed by atoms with Crippen molar-refractivity contribution in [1.29, 1.82) is 0 Å². The summed E-state index contributed by atoms with van der Waals surface area (Å²) in [6.07, 6.45) is 3.65. The summed E-state index contributed by atoms with van der Waals surface area (Å²) in [5, 5.41) is 3.82. The summed E-state index contributed by atoms with van der Waals surface area (Å²) in [6, 6.07) is 5.66. The van der Waals surface area contributed by atoms with E-state index in [9.17, 15) is 0 Å². The van der Waals surface area contributed by atoms with E-state index in [0.717, 1.165) is 23.6 Å². The third kappa shape index (κ3) is 2.66. The van der Waals surface area contributed by atoms with Gasteiger partial charge in [0.05, 0.1) is 25.7 Å². The molecule has 1 aromatic carbocycles. The van der Waals surface area contributed by atoms with Crippen LogP contribution in [0.4, 0.5) is 0 Å². The standard InChI is InChI=1S/C13H16ClN3O/c1-15-6-10-7-16-9-17(10)8-11-12(14)4-3-5-13(11)18-2/h3-5,7,9,15H,6,8H2,1-2H3. The molecule has 1 heterocycles. The second kappa shape index (κ2) is 5.89. The first-order valence-electron chi connectivity index (χ1n) is 5.71. The predicted molar refractivity (Wildman–Crippen MR) is 72.1 cm³/mol. The highest BCUT2D eigenvalue weighted by Gasteiger charge is 2.10. The van der Waals surface area contributed by atoms with Crippen molar-refractivity contribution in [3.05, 3.63) is 47.0 Å². The van der Waals surface area contributed by atoms with Gasteiger partial charge in [-0.3, -0.25) is 0 Å². The van der Waals surface area contributed by atoms with Gasteiger partial charge in [-0.05, 0) is 19.2 Å². The number of ether oxygens (including phenoxy) is 1. The maximum atomic E-state index is 6.23. The first kappa shape index (κ1) is 12.9. The van der Waals surface area contributed by atoms with Crippen LogP contribution in [0.2, 0.25) is 5.02 Å². The molecule has 0 aliphatic carbocycles. The summed E-state index contributed by atoms with van der Waals surface area (Å²) in [7, 11) is 3.56. The summed E-state index contributed by atoms with van der Waals surface area (Å²) < 4.78 is 7.40. The Bertz CT molecular complexity index is 525. The maximum absolute atomic E-state index is 6.23. The van der Waals surface area contributed by atoms with E-state index in [1.165, 1.54) is 0 Å². The summed E-state index contributed by atoms with van der Waals surface area (Å²) >= 11 is 6.23. The van der Waals surface area contributed by atoms with Crippen molar-refractivity contribution in [1.82, 2.24) is 14.9 Å². The van der Waals surface area contributed by atoms with Crippen molar-refractivity contribution in [2.75, 3.05) is 14.2 Å². The van der Waals surface area contributed by atoms with Gasteiger partial charge in [-0.2, -0.15) is 0 Å². The van der Waals surface area contributed by atoms with Gasteiger partial charge in [-0.25, -0.2) is 4.98 Å². The molecule has 96 valence electrons. The molecule has 0 fully saturated rings. The van der Waals surface area contributed by atoms with Gasteiger partial charge in [0.1, 0.15) is 5.75 Å². The maximum Gasteiger partial charge on any atom is 0.125 e. The Hall–Kier alpha value is -1.52. The van der Waals surface area contributed by atoms with Gasteiger partial charge in [0.2, 0.25) is 0 Å². The lowest BCUT2D eigenvalue weighted by molar-refractivity contribution is 0.408. The number of nitrogens with zero attached hydrogens (tertiary/aromatic N) is 2. The normalized spacial score (nSPS) is 10.6. The summed E-state index contributed by atoms with van der Waals surface area (Å²) in [5.41, 5.74) is 2.08. The Morgan fingerprint density at radius 1 is 1.44 bits per heavy atom. The molecule has 0 saturated carbocycles. The number of hydrogen-bond acceptors (Lipinski definition) is 3. The molecule has 0 saturated heterocycles. The van der Waals surface area contributed by atoms with Gasteiger partial charge in [0, 0.05) is 23.3 Å². The number of benzene rings is 1. The van der Waals surface area contributed by atoms with Gasteiger partial charge < -0.3 is 14.6 Å². The summed E-state index contributed by atoms with van der Waals surface area (Å²) in [6.45, 7) is 1.42. The van der Waals surface area contributed by atoms with Crippen LogP contribution in [0.5, 0.6) is 5.75 Å². The first-order valence-corrected chi connectivity index (χ1v) is 6.09. The fourth-order valence-corrected chi connectivity index (χ4v) is 2.10. The zero-order valence-electron chi connectivity index (χ0n) is 10.5. The van der Waals surface area contributed by atoms with Crippen LogP contribution >= 0.6 is 11.6 Å².